The Morgan fingerprint density at radius 3 is 2.45 bits per heavy atom. The molecule has 1 aromatic heterocycles. The van der Waals surface area contributed by atoms with Crippen LogP contribution < -0.4 is 10.6 Å². The predicted molar refractivity (Wildman–Crippen MR) is 117 cm³/mol. The van der Waals surface area contributed by atoms with Crippen LogP contribution in [0.5, 0.6) is 0 Å². The topological polar surface area (TPSA) is 113 Å². The molecule has 164 valence electrons. The third kappa shape index (κ3) is 6.71. The van der Waals surface area contributed by atoms with E-state index in [1.165, 1.54) is 6.92 Å². The van der Waals surface area contributed by atoms with Crippen LogP contribution in [0.2, 0.25) is 0 Å². The molecule has 8 nitrogen and oxygen atoms in total. The number of benzene rings is 1. The first-order valence-electron chi connectivity index (χ1n) is 10.2. The number of rotatable bonds is 10. The van der Waals surface area contributed by atoms with E-state index in [0.29, 0.717) is 24.3 Å². The van der Waals surface area contributed by atoms with Gasteiger partial charge in [-0.2, -0.15) is 5.26 Å². The minimum Gasteiger partial charge on any atom is -0.456 e. The number of nitrogens with zero attached hydrogens (tertiary/aromatic N) is 2. The van der Waals surface area contributed by atoms with Crippen molar-refractivity contribution >= 4 is 23.6 Å². The molecular formula is C23H28N4O4. The van der Waals surface area contributed by atoms with Gasteiger partial charge in [0, 0.05) is 31.3 Å². The molecule has 0 aliphatic rings. The lowest BCUT2D eigenvalue weighted by atomic mass is 10.2. The molecular weight excluding hydrogens is 396 g/mol. The van der Waals surface area contributed by atoms with Crippen molar-refractivity contribution in [1.29, 1.82) is 5.26 Å². The first-order chi connectivity index (χ1) is 14.8. The summed E-state index contributed by atoms with van der Waals surface area (Å²) >= 11 is 0. The third-order valence-corrected chi connectivity index (χ3v) is 4.89. The van der Waals surface area contributed by atoms with Gasteiger partial charge in [-0.15, -0.1) is 0 Å². The molecule has 1 heterocycles. The summed E-state index contributed by atoms with van der Waals surface area (Å²) < 4.78 is 6.87. The van der Waals surface area contributed by atoms with Gasteiger partial charge in [0.2, 0.25) is 5.91 Å². The molecule has 0 atom stereocenters. The fraction of sp³-hybridized carbons (Fsp3) is 0.391. The van der Waals surface area contributed by atoms with E-state index in [9.17, 15) is 19.6 Å². The number of carbonyl (C=O) groups excluding carboxylic acids is 3. The Labute approximate surface area is 182 Å². The predicted octanol–water partition coefficient (Wildman–Crippen LogP) is 3.14. The first kappa shape index (κ1) is 23.7. The highest BCUT2D eigenvalue weighted by atomic mass is 16.5. The average Bonchev–Trinajstić information content (AvgIpc) is 2.98. The molecule has 0 radical (unpaired) electrons. The minimum absolute atomic E-state index is 0.0752. The van der Waals surface area contributed by atoms with Crippen molar-refractivity contribution in [2.24, 2.45) is 0 Å². The summed E-state index contributed by atoms with van der Waals surface area (Å²) in [4.78, 5) is 35.1. The van der Waals surface area contributed by atoms with Crippen molar-refractivity contribution in [2.45, 2.75) is 46.5 Å². The molecule has 31 heavy (non-hydrogen) atoms. The van der Waals surface area contributed by atoms with Crippen molar-refractivity contribution < 1.29 is 19.1 Å². The summed E-state index contributed by atoms with van der Waals surface area (Å²) in [5.74, 6) is -0.678. The van der Waals surface area contributed by atoms with E-state index in [4.69, 9.17) is 4.74 Å². The molecule has 1 aromatic carbocycles. The SMILES string of the molecule is CC(=O)NCCCCCC(=O)OCC(=O)Nc1c(C#N)c(C)c(C)n1-c1ccccc1. The number of nitrogens with one attached hydrogen (secondary N) is 2. The van der Waals surface area contributed by atoms with E-state index in [2.05, 4.69) is 16.7 Å². The lowest BCUT2D eigenvalue weighted by Crippen LogP contribution is -2.23. The van der Waals surface area contributed by atoms with Crippen molar-refractivity contribution in [2.75, 3.05) is 18.5 Å². The molecule has 0 fully saturated rings. The molecule has 0 aliphatic carbocycles. The Morgan fingerprint density at radius 1 is 1.10 bits per heavy atom. The van der Waals surface area contributed by atoms with Gasteiger partial charge >= 0.3 is 5.97 Å². The zero-order chi connectivity index (χ0) is 22.8. The quantitative estimate of drug-likeness (QED) is 0.449. The van der Waals surface area contributed by atoms with Crippen LogP contribution in [-0.2, 0) is 19.1 Å². The smallest absolute Gasteiger partial charge is 0.306 e. The van der Waals surface area contributed by atoms with E-state index < -0.39 is 18.5 Å². The normalized spacial score (nSPS) is 10.3. The Balaban J connectivity index is 1.92. The molecule has 0 bridgehead atoms. The van der Waals surface area contributed by atoms with Crippen LogP contribution in [0.25, 0.3) is 5.69 Å². The van der Waals surface area contributed by atoms with Crippen molar-refractivity contribution in [3.05, 3.63) is 47.2 Å². The molecule has 0 unspecified atom stereocenters. The fourth-order valence-electron chi connectivity index (χ4n) is 3.18. The van der Waals surface area contributed by atoms with Gasteiger partial charge in [-0.3, -0.25) is 19.0 Å². The van der Waals surface area contributed by atoms with Crippen LogP contribution in [0.15, 0.2) is 30.3 Å². The maximum atomic E-state index is 12.4. The Kier molecular flexibility index (Phi) is 8.82. The summed E-state index contributed by atoms with van der Waals surface area (Å²) in [5.41, 5.74) is 2.81. The number of amides is 2. The van der Waals surface area contributed by atoms with Crippen molar-refractivity contribution in [1.82, 2.24) is 9.88 Å². The molecule has 2 rings (SSSR count). The van der Waals surface area contributed by atoms with Crippen LogP contribution in [0.3, 0.4) is 0 Å². The van der Waals surface area contributed by atoms with Gasteiger partial charge in [0.15, 0.2) is 6.61 Å². The van der Waals surface area contributed by atoms with Gasteiger partial charge in [0.1, 0.15) is 11.9 Å². The summed E-state index contributed by atoms with van der Waals surface area (Å²) in [6.45, 7) is 5.32. The molecule has 0 saturated carbocycles. The summed E-state index contributed by atoms with van der Waals surface area (Å²) in [5, 5.41) is 15.0. The van der Waals surface area contributed by atoms with Gasteiger partial charge in [-0.05, 0) is 44.4 Å². The number of hydrogen-bond donors (Lipinski definition) is 2. The van der Waals surface area contributed by atoms with Gasteiger partial charge in [-0.1, -0.05) is 24.6 Å². The van der Waals surface area contributed by atoms with Crippen LogP contribution in [-0.4, -0.2) is 35.5 Å². The average molecular weight is 425 g/mol. The highest BCUT2D eigenvalue weighted by Gasteiger charge is 2.21. The number of unbranched alkanes of at least 4 members (excludes halogenated alkanes) is 2. The summed E-state index contributed by atoms with van der Waals surface area (Å²) in [6, 6.07) is 11.6. The van der Waals surface area contributed by atoms with Crippen molar-refractivity contribution in [3.8, 4) is 11.8 Å². The fourth-order valence-corrected chi connectivity index (χ4v) is 3.18. The minimum atomic E-state index is -0.509. The van der Waals surface area contributed by atoms with E-state index in [1.807, 2.05) is 48.7 Å². The number of ether oxygens (including phenoxy) is 1. The lowest BCUT2D eigenvalue weighted by Gasteiger charge is -2.13. The number of anilines is 1. The van der Waals surface area contributed by atoms with E-state index in [0.717, 1.165) is 29.8 Å². The van der Waals surface area contributed by atoms with Gasteiger partial charge in [0.05, 0.1) is 5.56 Å². The van der Waals surface area contributed by atoms with E-state index >= 15 is 0 Å². The molecule has 0 saturated heterocycles. The highest BCUT2D eigenvalue weighted by molar-refractivity contribution is 5.94. The Hall–Kier alpha value is -3.60. The number of nitriles is 1. The largest absolute Gasteiger partial charge is 0.456 e. The standard InChI is InChI=1S/C23H28N4O4/c1-16-17(2)27(19-10-6-4-7-11-19)23(20(16)14-24)26-21(29)15-31-22(30)12-8-5-9-13-25-18(3)28/h4,6-7,10-11H,5,8-9,12-13,15H2,1-3H3,(H,25,28)(H,26,29). The lowest BCUT2D eigenvalue weighted by molar-refractivity contribution is -0.147. The molecule has 0 spiro atoms. The molecule has 8 heteroatoms. The van der Waals surface area contributed by atoms with Crippen LogP contribution >= 0.6 is 0 Å². The first-order valence-corrected chi connectivity index (χ1v) is 10.2. The number of esters is 1. The molecule has 0 aliphatic heterocycles. The number of hydrogen-bond acceptors (Lipinski definition) is 5. The van der Waals surface area contributed by atoms with Crippen LogP contribution in [0.1, 0.15) is 49.4 Å². The van der Waals surface area contributed by atoms with E-state index in [1.54, 1.807) is 0 Å². The third-order valence-electron chi connectivity index (χ3n) is 4.89. The molecule has 2 amide bonds. The Bertz CT molecular complexity index is 974. The zero-order valence-electron chi connectivity index (χ0n) is 18.2. The van der Waals surface area contributed by atoms with Crippen LogP contribution in [0.4, 0.5) is 5.82 Å². The number of para-hydroxylation sites is 1. The summed E-state index contributed by atoms with van der Waals surface area (Å²) in [7, 11) is 0. The highest BCUT2D eigenvalue weighted by Crippen LogP contribution is 2.29. The van der Waals surface area contributed by atoms with Gasteiger partial charge in [0.25, 0.3) is 5.91 Å². The second-order valence-corrected chi connectivity index (χ2v) is 7.22. The molecule has 2 N–H and O–H groups in total. The second kappa shape index (κ2) is 11.6. The monoisotopic (exact) mass is 424 g/mol. The van der Waals surface area contributed by atoms with Gasteiger partial charge in [-0.25, -0.2) is 0 Å². The Morgan fingerprint density at radius 2 is 1.81 bits per heavy atom. The number of carbonyl (C=O) groups is 3. The maximum Gasteiger partial charge on any atom is 0.306 e. The van der Waals surface area contributed by atoms with Crippen LogP contribution in [0, 0.1) is 25.2 Å². The summed E-state index contributed by atoms with van der Waals surface area (Å²) in [6.07, 6.45) is 2.37. The van der Waals surface area contributed by atoms with Gasteiger partial charge < -0.3 is 15.4 Å². The second-order valence-electron chi connectivity index (χ2n) is 7.22. The van der Waals surface area contributed by atoms with Crippen molar-refractivity contribution in [3.63, 3.8) is 0 Å². The maximum absolute atomic E-state index is 12.4. The zero-order valence-corrected chi connectivity index (χ0v) is 18.2. The number of aromatic nitrogens is 1. The van der Waals surface area contributed by atoms with E-state index in [-0.39, 0.29) is 12.3 Å². The molecule has 2 aromatic rings.